The molecule has 5 heteroatoms. The number of carbonyl (C=O) groups excluding carboxylic acids is 2. The number of hydrazine groups is 1. The third-order valence-electron chi connectivity index (χ3n) is 2.62. The number of rotatable bonds is 5. The highest BCUT2D eigenvalue weighted by Gasteiger charge is 2.15. The molecule has 0 spiro atoms. The van der Waals surface area contributed by atoms with Crippen molar-refractivity contribution in [3.8, 4) is 5.75 Å². The molecule has 0 saturated carbocycles. The molecule has 0 saturated heterocycles. The van der Waals surface area contributed by atoms with Crippen LogP contribution in [0.1, 0.15) is 32.8 Å². The van der Waals surface area contributed by atoms with Crippen molar-refractivity contribution in [3.05, 3.63) is 29.8 Å². The molecule has 5 nitrogen and oxygen atoms in total. The predicted octanol–water partition coefficient (Wildman–Crippen LogP) is 1.96. The van der Waals surface area contributed by atoms with Crippen LogP contribution in [0.25, 0.3) is 0 Å². The smallest absolute Gasteiger partial charge is 0.279 e. The van der Waals surface area contributed by atoms with Gasteiger partial charge in [-0.2, -0.15) is 0 Å². The van der Waals surface area contributed by atoms with E-state index in [1.165, 1.54) is 0 Å². The Balaban J connectivity index is 2.39. The lowest BCUT2D eigenvalue weighted by molar-refractivity contribution is -0.133. The number of amides is 2. The van der Waals surface area contributed by atoms with E-state index in [0.717, 1.165) is 5.56 Å². The molecule has 0 radical (unpaired) electrons. The maximum absolute atomic E-state index is 11.8. The van der Waals surface area contributed by atoms with E-state index in [0.29, 0.717) is 12.2 Å². The zero-order chi connectivity index (χ0) is 15.1. The maximum atomic E-state index is 11.8. The number of benzene rings is 1. The molecule has 20 heavy (non-hydrogen) atoms. The average Bonchev–Trinajstić information content (AvgIpc) is 2.37. The van der Waals surface area contributed by atoms with E-state index in [-0.39, 0.29) is 17.7 Å². The van der Waals surface area contributed by atoms with E-state index in [1.54, 1.807) is 19.1 Å². The molecule has 0 aliphatic carbocycles. The van der Waals surface area contributed by atoms with E-state index in [2.05, 4.69) is 10.9 Å². The zero-order valence-corrected chi connectivity index (χ0v) is 12.4. The Hall–Kier alpha value is -2.04. The summed E-state index contributed by atoms with van der Waals surface area (Å²) in [6.45, 7) is 7.48. The van der Waals surface area contributed by atoms with Crippen LogP contribution in [0.2, 0.25) is 0 Å². The van der Waals surface area contributed by atoms with Crippen LogP contribution in [0.15, 0.2) is 24.3 Å². The molecule has 2 amide bonds. The highest BCUT2D eigenvalue weighted by molar-refractivity contribution is 5.84. The number of ether oxygens (including phenoxy) is 1. The molecule has 0 aliphatic rings. The average molecular weight is 278 g/mol. The Labute approximate surface area is 119 Å². The second kappa shape index (κ2) is 7.53. The first-order valence-electron chi connectivity index (χ1n) is 6.70. The third-order valence-corrected chi connectivity index (χ3v) is 2.62. The minimum atomic E-state index is -0.683. The van der Waals surface area contributed by atoms with Crippen LogP contribution in [0.3, 0.4) is 0 Å². The molecular weight excluding hydrogens is 256 g/mol. The molecule has 0 aliphatic heterocycles. The standard InChI is InChI=1S/C15H22N2O3/c1-10(2)9-14(18)16-17-15(19)12(4)20-13-7-5-11(3)6-8-13/h5-8,10,12H,9H2,1-4H3,(H,16,18)(H,17,19). The SMILES string of the molecule is Cc1ccc(OC(C)C(=O)NNC(=O)CC(C)C)cc1. The van der Waals surface area contributed by atoms with Gasteiger partial charge in [0.15, 0.2) is 6.10 Å². The second-order valence-corrected chi connectivity index (χ2v) is 5.21. The van der Waals surface area contributed by atoms with Gasteiger partial charge in [0.2, 0.25) is 5.91 Å². The van der Waals surface area contributed by atoms with Gasteiger partial charge in [0.1, 0.15) is 5.75 Å². The van der Waals surface area contributed by atoms with Crippen molar-refractivity contribution < 1.29 is 14.3 Å². The van der Waals surface area contributed by atoms with Crippen molar-refractivity contribution in [1.82, 2.24) is 10.9 Å². The lowest BCUT2D eigenvalue weighted by Gasteiger charge is -2.15. The maximum Gasteiger partial charge on any atom is 0.279 e. The molecule has 1 atom stereocenters. The summed E-state index contributed by atoms with van der Waals surface area (Å²) < 4.78 is 5.48. The van der Waals surface area contributed by atoms with Gasteiger partial charge in [-0.1, -0.05) is 31.5 Å². The van der Waals surface area contributed by atoms with Gasteiger partial charge >= 0.3 is 0 Å². The van der Waals surface area contributed by atoms with Crippen LogP contribution < -0.4 is 15.6 Å². The predicted molar refractivity (Wildman–Crippen MR) is 77.0 cm³/mol. The fourth-order valence-electron chi connectivity index (χ4n) is 1.53. The summed E-state index contributed by atoms with van der Waals surface area (Å²) in [6.07, 6.45) is -0.315. The molecule has 0 heterocycles. The summed E-state index contributed by atoms with van der Waals surface area (Å²) in [7, 11) is 0. The highest BCUT2D eigenvalue weighted by atomic mass is 16.5. The Bertz CT molecular complexity index is 455. The molecule has 0 fully saturated rings. The van der Waals surface area contributed by atoms with E-state index >= 15 is 0 Å². The first-order chi connectivity index (χ1) is 9.38. The lowest BCUT2D eigenvalue weighted by Crippen LogP contribution is -2.47. The molecule has 110 valence electrons. The van der Waals surface area contributed by atoms with Gasteiger partial charge in [0.25, 0.3) is 5.91 Å². The summed E-state index contributed by atoms with van der Waals surface area (Å²) in [5.41, 5.74) is 5.85. The van der Waals surface area contributed by atoms with E-state index in [4.69, 9.17) is 4.74 Å². The summed E-state index contributed by atoms with van der Waals surface area (Å²) in [6, 6.07) is 7.42. The molecule has 1 aromatic rings. The van der Waals surface area contributed by atoms with Crippen molar-refractivity contribution in [2.24, 2.45) is 5.92 Å². The quantitative estimate of drug-likeness (QED) is 0.809. The van der Waals surface area contributed by atoms with Gasteiger partial charge in [-0.05, 0) is 31.9 Å². The van der Waals surface area contributed by atoms with Gasteiger partial charge in [0.05, 0.1) is 0 Å². The topological polar surface area (TPSA) is 67.4 Å². The van der Waals surface area contributed by atoms with Gasteiger partial charge in [0, 0.05) is 6.42 Å². The number of carbonyl (C=O) groups is 2. The number of hydrogen-bond acceptors (Lipinski definition) is 3. The monoisotopic (exact) mass is 278 g/mol. The first-order valence-corrected chi connectivity index (χ1v) is 6.70. The highest BCUT2D eigenvalue weighted by Crippen LogP contribution is 2.13. The minimum absolute atomic E-state index is 0.212. The van der Waals surface area contributed by atoms with Gasteiger partial charge in [-0.15, -0.1) is 0 Å². The number of hydrogen-bond donors (Lipinski definition) is 2. The Morgan fingerprint density at radius 1 is 1.10 bits per heavy atom. The van der Waals surface area contributed by atoms with Crippen LogP contribution in [-0.2, 0) is 9.59 Å². The largest absolute Gasteiger partial charge is 0.481 e. The third kappa shape index (κ3) is 5.73. The first kappa shape index (κ1) is 16.0. The summed E-state index contributed by atoms with van der Waals surface area (Å²) >= 11 is 0. The van der Waals surface area contributed by atoms with Crippen LogP contribution in [0.5, 0.6) is 5.75 Å². The van der Waals surface area contributed by atoms with Crippen molar-refractivity contribution in [2.75, 3.05) is 0 Å². The van der Waals surface area contributed by atoms with Gasteiger partial charge in [-0.3, -0.25) is 20.4 Å². The fraction of sp³-hybridized carbons (Fsp3) is 0.467. The second-order valence-electron chi connectivity index (χ2n) is 5.21. The van der Waals surface area contributed by atoms with Crippen molar-refractivity contribution in [1.29, 1.82) is 0 Å². The summed E-state index contributed by atoms with van der Waals surface area (Å²) in [5, 5.41) is 0. The zero-order valence-electron chi connectivity index (χ0n) is 12.4. The van der Waals surface area contributed by atoms with Crippen LogP contribution in [0.4, 0.5) is 0 Å². The molecule has 0 aromatic heterocycles. The van der Waals surface area contributed by atoms with Crippen molar-refractivity contribution >= 4 is 11.8 Å². The number of nitrogens with one attached hydrogen (secondary N) is 2. The van der Waals surface area contributed by atoms with E-state index in [1.807, 2.05) is 32.9 Å². The molecule has 0 bridgehead atoms. The van der Waals surface area contributed by atoms with Crippen LogP contribution in [-0.4, -0.2) is 17.9 Å². The van der Waals surface area contributed by atoms with E-state index in [9.17, 15) is 9.59 Å². The van der Waals surface area contributed by atoms with Gasteiger partial charge in [-0.25, -0.2) is 0 Å². The van der Waals surface area contributed by atoms with Crippen molar-refractivity contribution in [3.63, 3.8) is 0 Å². The molecule has 1 aromatic carbocycles. The van der Waals surface area contributed by atoms with Crippen LogP contribution >= 0.6 is 0 Å². The molecule has 1 unspecified atom stereocenters. The number of aryl methyl sites for hydroxylation is 1. The summed E-state index contributed by atoms with van der Waals surface area (Å²) in [5.74, 6) is 0.262. The molecule has 2 N–H and O–H groups in total. The normalized spacial score (nSPS) is 11.8. The Kier molecular flexibility index (Phi) is 6.03. The lowest BCUT2D eigenvalue weighted by atomic mass is 10.1. The van der Waals surface area contributed by atoms with Crippen LogP contribution in [0, 0.1) is 12.8 Å². The Morgan fingerprint density at radius 3 is 2.25 bits per heavy atom. The Morgan fingerprint density at radius 2 is 1.70 bits per heavy atom. The molecular formula is C15H22N2O3. The molecule has 1 rings (SSSR count). The van der Waals surface area contributed by atoms with E-state index < -0.39 is 6.10 Å². The van der Waals surface area contributed by atoms with Crippen molar-refractivity contribution in [2.45, 2.75) is 40.2 Å². The fourth-order valence-corrected chi connectivity index (χ4v) is 1.53. The minimum Gasteiger partial charge on any atom is -0.481 e. The summed E-state index contributed by atoms with van der Waals surface area (Å²) in [4.78, 5) is 23.2. The van der Waals surface area contributed by atoms with Gasteiger partial charge < -0.3 is 4.74 Å².